The Hall–Kier alpha value is -2.31. The maximum absolute atomic E-state index is 6.23. The van der Waals surface area contributed by atoms with E-state index >= 15 is 0 Å². The maximum Gasteiger partial charge on any atom is 0.0484 e. The molecule has 0 nitrogen and oxygen atoms in total. The van der Waals surface area contributed by atoms with Gasteiger partial charge in [0.25, 0.3) is 0 Å². The van der Waals surface area contributed by atoms with Gasteiger partial charge in [-0.25, -0.2) is 0 Å². The van der Waals surface area contributed by atoms with Crippen molar-refractivity contribution in [2.45, 2.75) is 0 Å². The third kappa shape index (κ3) is 2.18. The Morgan fingerprint density at radius 1 is 0.524 bits per heavy atom. The Kier molecular flexibility index (Phi) is 2.90. The van der Waals surface area contributed by atoms with E-state index in [4.69, 9.17) is 11.6 Å². The lowest BCUT2D eigenvalue weighted by atomic mass is 9.99. The summed E-state index contributed by atoms with van der Waals surface area (Å²) < 4.78 is 0. The standard InChI is InChI=1S/C20H13Cl/c21-20-7-3-6-18-13-17(10-11-19(18)20)16-9-8-14-4-1-2-5-15(14)12-16/h1-13H. The lowest BCUT2D eigenvalue weighted by Gasteiger charge is -2.07. The average molecular weight is 289 g/mol. The highest BCUT2D eigenvalue weighted by atomic mass is 35.5. The second-order valence-electron chi connectivity index (χ2n) is 5.24. The molecule has 0 aliphatic carbocycles. The molecule has 0 atom stereocenters. The third-order valence-electron chi connectivity index (χ3n) is 3.91. The predicted octanol–water partition coefficient (Wildman–Crippen LogP) is 6.31. The fourth-order valence-corrected chi connectivity index (χ4v) is 3.04. The number of benzene rings is 4. The van der Waals surface area contributed by atoms with E-state index in [1.807, 2.05) is 12.1 Å². The zero-order valence-corrected chi connectivity index (χ0v) is 12.1. The Morgan fingerprint density at radius 3 is 2.05 bits per heavy atom. The summed E-state index contributed by atoms with van der Waals surface area (Å²) in [5.41, 5.74) is 2.45. The van der Waals surface area contributed by atoms with Crippen LogP contribution in [0.2, 0.25) is 5.02 Å². The van der Waals surface area contributed by atoms with Crippen molar-refractivity contribution in [2.75, 3.05) is 0 Å². The first-order valence-corrected chi connectivity index (χ1v) is 7.36. The molecule has 0 N–H and O–H groups in total. The first-order chi connectivity index (χ1) is 10.3. The van der Waals surface area contributed by atoms with E-state index in [-0.39, 0.29) is 0 Å². The molecule has 0 bridgehead atoms. The second-order valence-corrected chi connectivity index (χ2v) is 5.64. The van der Waals surface area contributed by atoms with Crippen LogP contribution in [-0.4, -0.2) is 0 Å². The van der Waals surface area contributed by atoms with Gasteiger partial charge in [0.15, 0.2) is 0 Å². The van der Waals surface area contributed by atoms with Crippen LogP contribution in [0, 0.1) is 0 Å². The van der Waals surface area contributed by atoms with Gasteiger partial charge in [0.2, 0.25) is 0 Å². The van der Waals surface area contributed by atoms with Crippen molar-refractivity contribution in [3.05, 3.63) is 83.9 Å². The van der Waals surface area contributed by atoms with Crippen LogP contribution in [0.4, 0.5) is 0 Å². The van der Waals surface area contributed by atoms with E-state index in [2.05, 4.69) is 66.7 Å². The van der Waals surface area contributed by atoms with Gasteiger partial charge in [0, 0.05) is 10.4 Å². The van der Waals surface area contributed by atoms with Crippen molar-refractivity contribution in [3.8, 4) is 11.1 Å². The minimum Gasteiger partial charge on any atom is -0.0837 e. The van der Waals surface area contributed by atoms with E-state index in [0.29, 0.717) is 0 Å². The van der Waals surface area contributed by atoms with Crippen LogP contribution in [-0.2, 0) is 0 Å². The van der Waals surface area contributed by atoms with Gasteiger partial charge in [-0.15, -0.1) is 0 Å². The number of rotatable bonds is 1. The SMILES string of the molecule is Clc1cccc2cc(-c3ccc4ccccc4c3)ccc12. The van der Waals surface area contributed by atoms with Crippen molar-refractivity contribution < 1.29 is 0 Å². The van der Waals surface area contributed by atoms with Gasteiger partial charge in [-0.1, -0.05) is 72.3 Å². The lowest BCUT2D eigenvalue weighted by molar-refractivity contribution is 1.67. The summed E-state index contributed by atoms with van der Waals surface area (Å²) in [5.74, 6) is 0. The monoisotopic (exact) mass is 288 g/mol. The van der Waals surface area contributed by atoms with E-state index in [1.54, 1.807) is 0 Å². The van der Waals surface area contributed by atoms with Crippen molar-refractivity contribution in [1.82, 2.24) is 0 Å². The molecular weight excluding hydrogens is 276 g/mol. The van der Waals surface area contributed by atoms with Gasteiger partial charge < -0.3 is 0 Å². The van der Waals surface area contributed by atoms with Gasteiger partial charge in [-0.2, -0.15) is 0 Å². The van der Waals surface area contributed by atoms with Crippen LogP contribution in [0.5, 0.6) is 0 Å². The number of halogens is 1. The molecule has 4 aromatic carbocycles. The quantitative estimate of drug-likeness (QED) is 0.385. The van der Waals surface area contributed by atoms with Crippen molar-refractivity contribution in [3.63, 3.8) is 0 Å². The highest BCUT2D eigenvalue weighted by Gasteiger charge is 2.03. The summed E-state index contributed by atoms with van der Waals surface area (Å²) >= 11 is 6.23. The molecule has 1 heteroatoms. The van der Waals surface area contributed by atoms with Crippen molar-refractivity contribution >= 4 is 33.1 Å². The lowest BCUT2D eigenvalue weighted by Crippen LogP contribution is -1.81. The molecule has 100 valence electrons. The highest BCUT2D eigenvalue weighted by molar-refractivity contribution is 6.35. The molecule has 0 fully saturated rings. The third-order valence-corrected chi connectivity index (χ3v) is 4.24. The molecule has 21 heavy (non-hydrogen) atoms. The summed E-state index contributed by atoms with van der Waals surface area (Å²) in [7, 11) is 0. The molecule has 0 heterocycles. The van der Waals surface area contributed by atoms with Crippen LogP contribution in [0.15, 0.2) is 78.9 Å². The summed E-state index contributed by atoms with van der Waals surface area (Å²) in [6.07, 6.45) is 0. The largest absolute Gasteiger partial charge is 0.0837 e. The minimum atomic E-state index is 0.803. The number of hydrogen-bond acceptors (Lipinski definition) is 0. The van der Waals surface area contributed by atoms with E-state index in [1.165, 1.54) is 27.3 Å². The topological polar surface area (TPSA) is 0 Å². The smallest absolute Gasteiger partial charge is 0.0484 e. The van der Waals surface area contributed by atoms with Crippen molar-refractivity contribution in [1.29, 1.82) is 0 Å². The highest BCUT2D eigenvalue weighted by Crippen LogP contribution is 2.30. The van der Waals surface area contributed by atoms with Gasteiger partial charge in [0.05, 0.1) is 0 Å². The predicted molar refractivity (Wildman–Crippen MR) is 91.9 cm³/mol. The normalized spacial score (nSPS) is 11.1. The van der Waals surface area contributed by atoms with Gasteiger partial charge in [0.1, 0.15) is 0 Å². The summed E-state index contributed by atoms with van der Waals surface area (Å²) in [4.78, 5) is 0. The molecule has 0 spiro atoms. The van der Waals surface area contributed by atoms with Gasteiger partial charge in [-0.05, 0) is 45.5 Å². The van der Waals surface area contributed by atoms with Gasteiger partial charge >= 0.3 is 0 Å². The maximum atomic E-state index is 6.23. The fraction of sp³-hybridized carbons (Fsp3) is 0. The zero-order valence-electron chi connectivity index (χ0n) is 11.4. The summed E-state index contributed by atoms with van der Waals surface area (Å²) in [6.45, 7) is 0. The van der Waals surface area contributed by atoms with E-state index in [9.17, 15) is 0 Å². The van der Waals surface area contributed by atoms with Crippen molar-refractivity contribution in [2.24, 2.45) is 0 Å². The van der Waals surface area contributed by atoms with Crippen LogP contribution < -0.4 is 0 Å². The molecule has 0 unspecified atom stereocenters. The molecule has 4 aromatic rings. The van der Waals surface area contributed by atoms with E-state index in [0.717, 1.165) is 10.4 Å². The number of hydrogen-bond donors (Lipinski definition) is 0. The molecule has 0 aromatic heterocycles. The Morgan fingerprint density at radius 2 is 1.19 bits per heavy atom. The average Bonchev–Trinajstić information content (AvgIpc) is 2.54. The van der Waals surface area contributed by atoms with Crippen LogP contribution in [0.1, 0.15) is 0 Å². The molecule has 0 aliphatic rings. The Labute approximate surface area is 128 Å². The second kappa shape index (κ2) is 4.91. The Balaban J connectivity index is 1.91. The molecule has 0 saturated heterocycles. The summed E-state index contributed by atoms with van der Waals surface area (Å²) in [5, 5.41) is 5.61. The molecule has 4 rings (SSSR count). The number of fused-ring (bicyclic) bond motifs is 2. The van der Waals surface area contributed by atoms with Crippen LogP contribution in [0.3, 0.4) is 0 Å². The van der Waals surface area contributed by atoms with E-state index < -0.39 is 0 Å². The fourth-order valence-electron chi connectivity index (χ4n) is 2.79. The van der Waals surface area contributed by atoms with Crippen LogP contribution in [0.25, 0.3) is 32.7 Å². The molecule has 0 radical (unpaired) electrons. The summed E-state index contributed by atoms with van der Waals surface area (Å²) in [6, 6.07) is 27.5. The molecular formula is C20H13Cl. The minimum absolute atomic E-state index is 0.803. The first kappa shape index (κ1) is 12.4. The molecule has 0 aliphatic heterocycles. The van der Waals surface area contributed by atoms with Crippen LogP contribution >= 0.6 is 11.6 Å². The Bertz CT molecular complexity index is 954. The first-order valence-electron chi connectivity index (χ1n) is 6.99. The molecule has 0 amide bonds. The molecule has 0 saturated carbocycles. The van der Waals surface area contributed by atoms with Gasteiger partial charge in [-0.3, -0.25) is 0 Å². The zero-order chi connectivity index (χ0) is 14.2.